The number of para-hydroxylation sites is 1. The van der Waals surface area contributed by atoms with Crippen LogP contribution in [0.15, 0.2) is 36.5 Å². The topological polar surface area (TPSA) is 81.9 Å². The molecule has 30 heavy (non-hydrogen) atoms. The molecule has 1 aliphatic carbocycles. The van der Waals surface area contributed by atoms with Crippen LogP contribution in [-0.2, 0) is 24.1 Å². The molecule has 3 aromatic rings. The first kappa shape index (κ1) is 19.9. The van der Waals surface area contributed by atoms with Gasteiger partial charge in [-0.2, -0.15) is 18.3 Å². The number of esters is 1. The van der Waals surface area contributed by atoms with Crippen LogP contribution < -0.4 is 5.32 Å². The fraction of sp³-hybridized carbons (Fsp3) is 0.300. The van der Waals surface area contributed by atoms with E-state index in [1.54, 1.807) is 13.1 Å². The standard InChI is InChI=1S/C20H18F3N5O2/c1-2-30-18(29)16-14-9-8-12-10-24-19(25-13-6-4-3-5-7-13)26-15(12)17(14)28(27-16)11-20(21,22)23/h3-7,10H,2,8-9,11H2,1H3,(H,24,25,26). The molecule has 0 unspecified atom stereocenters. The number of aromatic nitrogens is 4. The van der Waals surface area contributed by atoms with Crippen LogP contribution >= 0.6 is 0 Å². The zero-order valence-corrected chi connectivity index (χ0v) is 16.0. The van der Waals surface area contributed by atoms with Crippen LogP contribution in [0.2, 0.25) is 0 Å². The monoisotopic (exact) mass is 417 g/mol. The van der Waals surface area contributed by atoms with Crippen LogP contribution in [0.3, 0.4) is 0 Å². The van der Waals surface area contributed by atoms with Crippen molar-refractivity contribution in [1.29, 1.82) is 0 Å². The van der Waals surface area contributed by atoms with E-state index in [0.29, 0.717) is 29.7 Å². The molecular weight excluding hydrogens is 399 g/mol. The number of halogens is 3. The van der Waals surface area contributed by atoms with Gasteiger partial charge in [0.15, 0.2) is 5.69 Å². The second kappa shape index (κ2) is 7.77. The van der Waals surface area contributed by atoms with Crippen molar-refractivity contribution in [1.82, 2.24) is 19.7 Å². The van der Waals surface area contributed by atoms with Crippen LogP contribution in [0.25, 0.3) is 11.4 Å². The highest BCUT2D eigenvalue weighted by Gasteiger charge is 2.36. The number of hydrogen-bond acceptors (Lipinski definition) is 6. The second-order valence-electron chi connectivity index (χ2n) is 6.73. The molecule has 1 aromatic carbocycles. The van der Waals surface area contributed by atoms with Gasteiger partial charge < -0.3 is 10.1 Å². The SMILES string of the molecule is CCOC(=O)c1nn(CC(F)(F)F)c2c1CCc1cnc(Nc3ccccc3)nc1-2. The summed E-state index contributed by atoms with van der Waals surface area (Å²) < 4.78 is 45.3. The number of ether oxygens (including phenoxy) is 1. The number of nitrogens with one attached hydrogen (secondary N) is 1. The molecular formula is C20H18F3N5O2. The molecule has 2 heterocycles. The molecule has 0 atom stereocenters. The number of carbonyl (C=O) groups excluding carboxylic acids is 1. The fourth-order valence-corrected chi connectivity index (χ4v) is 3.41. The minimum absolute atomic E-state index is 0.0991. The molecule has 7 nitrogen and oxygen atoms in total. The second-order valence-corrected chi connectivity index (χ2v) is 6.73. The molecule has 0 saturated carbocycles. The fourth-order valence-electron chi connectivity index (χ4n) is 3.41. The van der Waals surface area contributed by atoms with Gasteiger partial charge in [-0.15, -0.1) is 0 Å². The molecule has 1 aliphatic rings. The number of alkyl halides is 3. The van der Waals surface area contributed by atoms with Crippen LogP contribution in [0.1, 0.15) is 28.5 Å². The molecule has 0 spiro atoms. The number of hydrogen-bond donors (Lipinski definition) is 1. The van der Waals surface area contributed by atoms with Crippen molar-refractivity contribution in [2.24, 2.45) is 0 Å². The van der Waals surface area contributed by atoms with Crippen molar-refractivity contribution in [2.45, 2.75) is 32.5 Å². The third-order valence-corrected chi connectivity index (χ3v) is 4.61. The molecule has 4 rings (SSSR count). The van der Waals surface area contributed by atoms with Crippen molar-refractivity contribution in [3.63, 3.8) is 0 Å². The normalized spacial score (nSPS) is 12.8. The maximum absolute atomic E-state index is 13.2. The Labute approximate surface area is 169 Å². The van der Waals surface area contributed by atoms with Crippen molar-refractivity contribution < 1.29 is 22.7 Å². The van der Waals surface area contributed by atoms with Crippen LogP contribution in [0.5, 0.6) is 0 Å². The Morgan fingerprint density at radius 2 is 2.00 bits per heavy atom. The number of fused-ring (bicyclic) bond motifs is 3. The van der Waals surface area contributed by atoms with E-state index in [0.717, 1.165) is 10.4 Å². The molecule has 156 valence electrons. The van der Waals surface area contributed by atoms with E-state index in [1.165, 1.54) is 0 Å². The number of anilines is 2. The molecule has 1 N–H and O–H groups in total. The number of aryl methyl sites for hydroxylation is 1. The summed E-state index contributed by atoms with van der Waals surface area (Å²) in [6.45, 7) is 0.393. The maximum atomic E-state index is 13.2. The van der Waals surface area contributed by atoms with Gasteiger partial charge in [0.05, 0.1) is 18.0 Å². The zero-order chi connectivity index (χ0) is 21.3. The lowest BCUT2D eigenvalue weighted by atomic mass is 9.93. The van der Waals surface area contributed by atoms with Crippen molar-refractivity contribution >= 4 is 17.6 Å². The van der Waals surface area contributed by atoms with E-state index in [-0.39, 0.29) is 23.9 Å². The predicted molar refractivity (Wildman–Crippen MR) is 102 cm³/mol. The summed E-state index contributed by atoms with van der Waals surface area (Å²) in [5.41, 5.74) is 2.25. The van der Waals surface area contributed by atoms with Gasteiger partial charge in [-0.05, 0) is 37.5 Å². The van der Waals surface area contributed by atoms with Gasteiger partial charge in [0, 0.05) is 17.4 Å². The predicted octanol–water partition coefficient (Wildman–Crippen LogP) is 3.92. The minimum Gasteiger partial charge on any atom is -0.461 e. The molecule has 0 saturated heterocycles. The Hall–Kier alpha value is -3.43. The number of rotatable bonds is 5. The Balaban J connectivity index is 1.80. The van der Waals surface area contributed by atoms with Gasteiger partial charge >= 0.3 is 12.1 Å². The smallest absolute Gasteiger partial charge is 0.408 e. The number of nitrogens with zero attached hydrogens (tertiary/aromatic N) is 4. The van der Waals surface area contributed by atoms with Crippen LogP contribution in [-0.4, -0.2) is 38.5 Å². The van der Waals surface area contributed by atoms with Gasteiger partial charge in [-0.3, -0.25) is 4.68 Å². The molecule has 0 bridgehead atoms. The van der Waals surface area contributed by atoms with Gasteiger partial charge in [-0.25, -0.2) is 14.8 Å². The first-order valence-electron chi connectivity index (χ1n) is 9.37. The number of benzene rings is 1. The molecule has 0 fully saturated rings. The van der Waals surface area contributed by atoms with E-state index >= 15 is 0 Å². The Kier molecular flexibility index (Phi) is 5.15. The summed E-state index contributed by atoms with van der Waals surface area (Å²) in [6.07, 6.45) is -2.09. The summed E-state index contributed by atoms with van der Waals surface area (Å²) in [6, 6.07) is 9.17. The van der Waals surface area contributed by atoms with Crippen LogP contribution in [0.4, 0.5) is 24.8 Å². The van der Waals surface area contributed by atoms with E-state index in [1.807, 2.05) is 30.3 Å². The van der Waals surface area contributed by atoms with Gasteiger partial charge in [0.1, 0.15) is 6.54 Å². The van der Waals surface area contributed by atoms with Gasteiger partial charge in [0.2, 0.25) is 5.95 Å². The lowest BCUT2D eigenvalue weighted by Crippen LogP contribution is -2.21. The number of carbonyl (C=O) groups is 1. The molecule has 0 radical (unpaired) electrons. The van der Waals surface area contributed by atoms with Gasteiger partial charge in [0.25, 0.3) is 0 Å². The van der Waals surface area contributed by atoms with E-state index < -0.39 is 18.7 Å². The van der Waals surface area contributed by atoms with Crippen molar-refractivity contribution in [2.75, 3.05) is 11.9 Å². The largest absolute Gasteiger partial charge is 0.461 e. The summed E-state index contributed by atoms with van der Waals surface area (Å²) in [5, 5.41) is 6.99. The first-order chi connectivity index (χ1) is 14.4. The molecule has 0 amide bonds. The third-order valence-electron chi connectivity index (χ3n) is 4.61. The Bertz CT molecular complexity index is 1080. The van der Waals surface area contributed by atoms with Crippen molar-refractivity contribution in [3.8, 4) is 11.4 Å². The average Bonchev–Trinajstić information content (AvgIpc) is 3.06. The summed E-state index contributed by atoms with van der Waals surface area (Å²) in [5.74, 6) is -0.500. The van der Waals surface area contributed by atoms with Crippen molar-refractivity contribution in [3.05, 3.63) is 53.3 Å². The summed E-state index contributed by atoms with van der Waals surface area (Å²) in [7, 11) is 0. The lowest BCUT2D eigenvalue weighted by Gasteiger charge is -2.19. The minimum atomic E-state index is -4.51. The highest BCUT2D eigenvalue weighted by molar-refractivity contribution is 5.91. The quantitative estimate of drug-likeness (QED) is 0.634. The van der Waals surface area contributed by atoms with Crippen LogP contribution in [0, 0.1) is 0 Å². The van der Waals surface area contributed by atoms with E-state index in [2.05, 4.69) is 20.4 Å². The molecule has 2 aromatic heterocycles. The van der Waals surface area contributed by atoms with Gasteiger partial charge in [-0.1, -0.05) is 18.2 Å². The Morgan fingerprint density at radius 1 is 1.23 bits per heavy atom. The summed E-state index contributed by atoms with van der Waals surface area (Å²) >= 11 is 0. The summed E-state index contributed by atoms with van der Waals surface area (Å²) in [4.78, 5) is 21.0. The highest BCUT2D eigenvalue weighted by atomic mass is 19.4. The Morgan fingerprint density at radius 3 is 2.70 bits per heavy atom. The molecule has 0 aliphatic heterocycles. The zero-order valence-electron chi connectivity index (χ0n) is 16.0. The maximum Gasteiger partial charge on any atom is 0.408 e. The highest BCUT2D eigenvalue weighted by Crippen LogP contribution is 2.36. The van der Waals surface area contributed by atoms with E-state index in [4.69, 9.17) is 4.74 Å². The average molecular weight is 417 g/mol. The first-order valence-corrected chi connectivity index (χ1v) is 9.37. The van der Waals surface area contributed by atoms with E-state index in [9.17, 15) is 18.0 Å². The lowest BCUT2D eigenvalue weighted by molar-refractivity contribution is -0.142. The third kappa shape index (κ3) is 3.98. The molecule has 10 heteroatoms.